The number of hydrogen-bond acceptors (Lipinski definition) is 7. The highest BCUT2D eigenvalue weighted by Crippen LogP contribution is 2.37. The summed E-state index contributed by atoms with van der Waals surface area (Å²) >= 11 is 6.74. The van der Waals surface area contributed by atoms with Gasteiger partial charge >= 0.3 is 0 Å². The van der Waals surface area contributed by atoms with Crippen LogP contribution in [0.2, 0.25) is 5.02 Å². The summed E-state index contributed by atoms with van der Waals surface area (Å²) in [5, 5.41) is 11.5. The predicted molar refractivity (Wildman–Crippen MR) is 218 cm³/mol. The Morgan fingerprint density at radius 1 is 0.964 bits per heavy atom. The van der Waals surface area contributed by atoms with Gasteiger partial charge in [-0.15, -0.1) is 0 Å². The van der Waals surface area contributed by atoms with E-state index < -0.39 is 0 Å². The Morgan fingerprint density at radius 3 is 2.50 bits per heavy atom. The number of aromatic nitrogens is 3. The van der Waals surface area contributed by atoms with Gasteiger partial charge in [-0.1, -0.05) is 35.9 Å². The molecule has 8 rings (SSSR count). The molecule has 3 aromatic heterocycles. The number of nitrogens with zero attached hydrogens (tertiary/aromatic N) is 6. The highest BCUT2D eigenvalue weighted by atomic mass is 35.5. The summed E-state index contributed by atoms with van der Waals surface area (Å²) in [5.41, 5.74) is 7.28. The molecule has 288 valence electrons. The van der Waals surface area contributed by atoms with Crippen LogP contribution in [0.5, 0.6) is 5.75 Å². The number of phenolic OH excluding ortho intramolecular Hbond substituents is 1. The maximum Gasteiger partial charge on any atom is 0.264 e. The number of morpholine rings is 1. The Kier molecular flexibility index (Phi) is 10.7. The average molecular weight is 773 g/mol. The predicted octanol–water partition coefficient (Wildman–Crippen LogP) is 7.23. The van der Waals surface area contributed by atoms with Crippen molar-refractivity contribution in [2.45, 2.75) is 32.5 Å². The first-order valence-electron chi connectivity index (χ1n) is 18.9. The van der Waals surface area contributed by atoms with Crippen molar-refractivity contribution < 1.29 is 24.2 Å². The van der Waals surface area contributed by atoms with E-state index in [0.29, 0.717) is 77.4 Å². The van der Waals surface area contributed by atoms with Crippen molar-refractivity contribution in [3.63, 3.8) is 0 Å². The number of methoxy groups -OCH3 is 1. The minimum Gasteiger partial charge on any atom is -0.508 e. The van der Waals surface area contributed by atoms with Gasteiger partial charge < -0.3 is 28.6 Å². The van der Waals surface area contributed by atoms with Crippen LogP contribution >= 0.6 is 11.6 Å². The molecule has 1 N–H and O–H groups in total. The van der Waals surface area contributed by atoms with Crippen LogP contribution in [0.4, 0.5) is 11.4 Å². The number of amides is 2. The van der Waals surface area contributed by atoms with Crippen LogP contribution in [-0.4, -0.2) is 93.4 Å². The van der Waals surface area contributed by atoms with Crippen molar-refractivity contribution in [3.05, 3.63) is 130 Å². The zero-order valence-corrected chi connectivity index (χ0v) is 32.6. The fourth-order valence-corrected chi connectivity index (χ4v) is 8.24. The smallest absolute Gasteiger partial charge is 0.264 e. The molecule has 2 amide bonds. The molecule has 6 aromatic rings. The summed E-state index contributed by atoms with van der Waals surface area (Å²) in [6.45, 7) is 6.95. The van der Waals surface area contributed by atoms with Gasteiger partial charge in [0.25, 0.3) is 11.8 Å². The number of ether oxygens (including phenoxy) is 2. The fraction of sp³-hybridized carbons (Fsp3) is 0.295. The first-order valence-corrected chi connectivity index (χ1v) is 19.3. The van der Waals surface area contributed by atoms with Gasteiger partial charge in [0.15, 0.2) is 0 Å². The Labute approximate surface area is 331 Å². The first kappa shape index (κ1) is 37.5. The van der Waals surface area contributed by atoms with E-state index in [9.17, 15) is 5.11 Å². The second kappa shape index (κ2) is 16.0. The van der Waals surface area contributed by atoms with E-state index in [1.165, 1.54) is 5.56 Å². The van der Waals surface area contributed by atoms with Crippen molar-refractivity contribution in [2.75, 3.05) is 51.5 Å². The summed E-state index contributed by atoms with van der Waals surface area (Å²) in [6, 6.07) is 26.0. The highest BCUT2D eigenvalue weighted by Gasteiger charge is 2.34. The SMILES string of the molecule is COCCn1c(-c2cc(Cl)ccc2C(=O)N2Cc3ccccc3C[C@H]2CN2CCOCC2)cc(C(=O)N(c2ccc(O)cc2)c2cnc3c(ccn3C)c2)c1C. The van der Waals surface area contributed by atoms with Crippen molar-refractivity contribution in [2.24, 2.45) is 7.05 Å². The van der Waals surface area contributed by atoms with Gasteiger partial charge in [0.2, 0.25) is 0 Å². The summed E-state index contributed by atoms with van der Waals surface area (Å²) in [4.78, 5) is 40.7. The maximum atomic E-state index is 15.0. The molecule has 11 nitrogen and oxygen atoms in total. The van der Waals surface area contributed by atoms with Gasteiger partial charge in [-0.25, -0.2) is 4.98 Å². The molecule has 2 aliphatic rings. The Bertz CT molecular complexity index is 2400. The molecule has 0 radical (unpaired) electrons. The molecule has 1 fully saturated rings. The van der Waals surface area contributed by atoms with Gasteiger partial charge in [-0.3, -0.25) is 19.4 Å². The molecule has 0 aliphatic carbocycles. The standard InChI is InChI=1S/C44H45ClN6O5/c1-29-39(44(54)51(34-9-11-37(52)12-10-34)35-23-31-14-15-47(2)42(31)46-26-35)25-41(49(29)18-19-55-3)40-24-33(45)8-13-38(40)43(53)50-27-32-7-5-4-6-30(32)22-36(50)28-48-16-20-56-21-17-48/h4-15,23-26,36,52H,16-22,27-28H2,1-3H3/t36-/m0/s1. The van der Waals surface area contributed by atoms with Gasteiger partial charge in [-0.05, 0) is 85.1 Å². The lowest BCUT2D eigenvalue weighted by Gasteiger charge is -2.40. The number of aromatic hydroxyl groups is 1. The Balaban J connectivity index is 1.22. The minimum absolute atomic E-state index is 0.0485. The first-order chi connectivity index (χ1) is 27.2. The molecule has 1 saturated heterocycles. The number of benzene rings is 3. The van der Waals surface area contributed by atoms with Crippen molar-refractivity contribution in [3.8, 4) is 17.0 Å². The number of anilines is 2. The molecule has 0 saturated carbocycles. The normalized spacial score (nSPS) is 15.9. The monoisotopic (exact) mass is 772 g/mol. The zero-order valence-electron chi connectivity index (χ0n) is 31.8. The van der Waals surface area contributed by atoms with Crippen LogP contribution in [0.15, 0.2) is 97.3 Å². The van der Waals surface area contributed by atoms with Gasteiger partial charge in [0, 0.05) is 97.7 Å². The molecule has 56 heavy (non-hydrogen) atoms. The largest absolute Gasteiger partial charge is 0.508 e. The van der Waals surface area contributed by atoms with E-state index >= 15 is 9.59 Å². The molecule has 1 atom stereocenters. The lowest BCUT2D eigenvalue weighted by molar-refractivity contribution is 0.0193. The van der Waals surface area contributed by atoms with E-state index in [1.54, 1.807) is 54.6 Å². The summed E-state index contributed by atoms with van der Waals surface area (Å²) in [7, 11) is 3.57. The highest BCUT2D eigenvalue weighted by molar-refractivity contribution is 6.31. The third-order valence-electron chi connectivity index (χ3n) is 11.1. The van der Waals surface area contributed by atoms with Crippen LogP contribution in [0.3, 0.4) is 0 Å². The number of rotatable bonds is 10. The van der Waals surface area contributed by atoms with Crippen molar-refractivity contribution in [1.29, 1.82) is 0 Å². The molecule has 0 unspecified atom stereocenters. The van der Waals surface area contributed by atoms with Gasteiger partial charge in [-0.2, -0.15) is 0 Å². The number of hydrogen-bond donors (Lipinski definition) is 1. The van der Waals surface area contributed by atoms with Crippen LogP contribution in [0.25, 0.3) is 22.3 Å². The molecule has 12 heteroatoms. The number of carbonyl (C=O) groups is 2. The number of carbonyl (C=O) groups excluding carboxylic acids is 2. The lowest BCUT2D eigenvalue weighted by atomic mass is 9.92. The third-order valence-corrected chi connectivity index (χ3v) is 11.3. The second-order valence-corrected chi connectivity index (χ2v) is 15.0. The van der Waals surface area contributed by atoms with Crippen molar-refractivity contribution >= 4 is 45.8 Å². The number of aryl methyl sites for hydroxylation is 1. The number of pyridine rings is 1. The van der Waals surface area contributed by atoms with Crippen LogP contribution in [0, 0.1) is 6.92 Å². The Hall–Kier alpha value is -5.46. The topological polar surface area (TPSA) is 105 Å². The molecule has 2 aliphatic heterocycles. The number of halogens is 1. The zero-order chi connectivity index (χ0) is 38.9. The van der Waals surface area contributed by atoms with E-state index in [-0.39, 0.29) is 23.6 Å². The molecule has 0 bridgehead atoms. The molecular weight excluding hydrogens is 728 g/mol. The summed E-state index contributed by atoms with van der Waals surface area (Å²) < 4.78 is 15.1. The molecule has 5 heterocycles. The van der Waals surface area contributed by atoms with Crippen LogP contribution in [-0.2, 0) is 36.0 Å². The van der Waals surface area contributed by atoms with E-state index in [2.05, 4.69) is 28.1 Å². The Morgan fingerprint density at radius 2 is 1.73 bits per heavy atom. The second-order valence-electron chi connectivity index (χ2n) is 14.5. The molecule has 0 spiro atoms. The van der Waals surface area contributed by atoms with Gasteiger partial charge in [0.1, 0.15) is 11.4 Å². The van der Waals surface area contributed by atoms with Crippen LogP contribution < -0.4 is 4.90 Å². The lowest BCUT2D eigenvalue weighted by Crippen LogP contribution is -2.52. The van der Waals surface area contributed by atoms with Gasteiger partial charge in [0.05, 0.1) is 37.3 Å². The summed E-state index contributed by atoms with van der Waals surface area (Å²) in [6.07, 6.45) is 4.36. The van der Waals surface area contributed by atoms with E-state index in [4.69, 9.17) is 21.1 Å². The number of fused-ring (bicyclic) bond motifs is 2. The minimum atomic E-state index is -0.296. The van der Waals surface area contributed by atoms with Crippen LogP contribution in [0.1, 0.15) is 37.5 Å². The number of phenols is 1. The maximum absolute atomic E-state index is 15.0. The van der Waals surface area contributed by atoms with E-state index in [0.717, 1.165) is 42.7 Å². The quantitative estimate of drug-likeness (QED) is 0.157. The summed E-state index contributed by atoms with van der Waals surface area (Å²) in [5.74, 6) is -0.303. The van der Waals surface area contributed by atoms with E-state index in [1.807, 2.05) is 64.5 Å². The fourth-order valence-electron chi connectivity index (χ4n) is 8.07. The molecule has 3 aromatic carbocycles. The third kappa shape index (κ3) is 7.31. The van der Waals surface area contributed by atoms with Crippen molar-refractivity contribution in [1.82, 2.24) is 23.9 Å². The average Bonchev–Trinajstić information content (AvgIpc) is 3.75. The molecular formula is C44H45ClN6O5.